The van der Waals surface area contributed by atoms with Gasteiger partial charge in [-0.25, -0.2) is 0 Å². The van der Waals surface area contributed by atoms with Crippen LogP contribution >= 0.6 is 0 Å². The predicted molar refractivity (Wildman–Crippen MR) is 253 cm³/mol. The Bertz CT molecular complexity index is 3500. The first-order valence-electron chi connectivity index (χ1n) is 21.1. The number of para-hydroxylation sites is 2. The first-order chi connectivity index (χ1) is 30.3. The third-order valence-corrected chi connectivity index (χ3v) is 13.3. The molecule has 0 aliphatic heterocycles. The second-order valence-corrected chi connectivity index (χ2v) is 16.3. The molecule has 0 bridgehead atoms. The summed E-state index contributed by atoms with van der Waals surface area (Å²) in [5.41, 5.74) is 20.1. The maximum absolute atomic E-state index is 6.25. The molecule has 1 heterocycles. The van der Waals surface area contributed by atoms with Crippen molar-refractivity contribution in [2.24, 2.45) is 0 Å². The molecule has 11 aromatic rings. The smallest absolute Gasteiger partial charge is 0.135 e. The van der Waals surface area contributed by atoms with Crippen molar-refractivity contribution >= 4 is 49.8 Å². The van der Waals surface area contributed by atoms with Crippen LogP contribution in [0.15, 0.2) is 229 Å². The van der Waals surface area contributed by atoms with E-state index in [0.29, 0.717) is 0 Å². The van der Waals surface area contributed by atoms with E-state index in [1.165, 1.54) is 66.4 Å². The highest BCUT2D eigenvalue weighted by Crippen LogP contribution is 2.64. The quantitative estimate of drug-likeness (QED) is 0.173. The molecule has 1 aromatic heterocycles. The first kappa shape index (κ1) is 34.0. The van der Waals surface area contributed by atoms with Crippen molar-refractivity contribution in [3.8, 4) is 44.5 Å². The van der Waals surface area contributed by atoms with Gasteiger partial charge < -0.3 is 9.32 Å². The van der Waals surface area contributed by atoms with Crippen LogP contribution in [0.25, 0.3) is 77.2 Å². The van der Waals surface area contributed by atoms with Crippen LogP contribution in [0.4, 0.5) is 17.1 Å². The van der Waals surface area contributed by atoms with Crippen molar-refractivity contribution in [2.45, 2.75) is 5.41 Å². The van der Waals surface area contributed by atoms with Crippen LogP contribution in [0.2, 0.25) is 0 Å². The van der Waals surface area contributed by atoms with E-state index >= 15 is 0 Å². The van der Waals surface area contributed by atoms with Crippen LogP contribution in [0.3, 0.4) is 0 Å². The van der Waals surface area contributed by atoms with Crippen LogP contribution in [0.5, 0.6) is 0 Å². The fraction of sp³-hybridized carbons (Fsp3) is 0.0169. The van der Waals surface area contributed by atoms with E-state index in [4.69, 9.17) is 4.42 Å². The first-order valence-corrected chi connectivity index (χ1v) is 21.1. The van der Waals surface area contributed by atoms with Gasteiger partial charge in [-0.15, -0.1) is 0 Å². The van der Waals surface area contributed by atoms with Crippen molar-refractivity contribution in [3.63, 3.8) is 0 Å². The maximum Gasteiger partial charge on any atom is 0.135 e. The van der Waals surface area contributed by atoms with Gasteiger partial charge in [-0.1, -0.05) is 182 Å². The Morgan fingerprint density at radius 2 is 0.852 bits per heavy atom. The molecule has 61 heavy (non-hydrogen) atoms. The average Bonchev–Trinajstić information content (AvgIpc) is 3.96. The van der Waals surface area contributed by atoms with Gasteiger partial charge in [0.25, 0.3) is 0 Å². The maximum atomic E-state index is 6.25. The van der Waals surface area contributed by atoms with Crippen molar-refractivity contribution in [3.05, 3.63) is 247 Å². The summed E-state index contributed by atoms with van der Waals surface area (Å²) >= 11 is 0. The van der Waals surface area contributed by atoms with E-state index in [9.17, 15) is 0 Å². The van der Waals surface area contributed by atoms with E-state index in [0.717, 1.165) is 50.1 Å². The van der Waals surface area contributed by atoms with Gasteiger partial charge in [0.15, 0.2) is 0 Å². The molecule has 0 unspecified atom stereocenters. The van der Waals surface area contributed by atoms with E-state index in [1.54, 1.807) is 0 Å². The number of hydrogen-bond acceptors (Lipinski definition) is 2. The zero-order chi connectivity index (χ0) is 40.1. The molecule has 13 rings (SSSR count). The normalized spacial score (nSPS) is 13.0. The fourth-order valence-corrected chi connectivity index (χ4v) is 10.8. The number of anilines is 3. The molecule has 2 aliphatic rings. The Labute approximate surface area is 354 Å². The van der Waals surface area contributed by atoms with Crippen LogP contribution in [0.1, 0.15) is 22.3 Å². The molecular weight excluding hydrogens is 739 g/mol. The second-order valence-electron chi connectivity index (χ2n) is 16.3. The number of furan rings is 1. The molecule has 0 N–H and O–H groups in total. The van der Waals surface area contributed by atoms with Gasteiger partial charge in [0.05, 0.1) is 16.8 Å². The molecule has 0 radical (unpaired) electrons. The topological polar surface area (TPSA) is 16.4 Å². The van der Waals surface area contributed by atoms with Crippen molar-refractivity contribution in [1.29, 1.82) is 0 Å². The van der Waals surface area contributed by atoms with Gasteiger partial charge in [-0.3, -0.25) is 0 Å². The lowest BCUT2D eigenvalue weighted by atomic mass is 9.70. The van der Waals surface area contributed by atoms with Crippen molar-refractivity contribution < 1.29 is 4.42 Å². The fourth-order valence-electron chi connectivity index (χ4n) is 10.8. The van der Waals surface area contributed by atoms with E-state index in [-0.39, 0.29) is 5.41 Å². The molecule has 2 aliphatic carbocycles. The highest BCUT2D eigenvalue weighted by Gasteiger charge is 2.51. The number of benzene rings is 10. The summed E-state index contributed by atoms with van der Waals surface area (Å²) in [5, 5.41) is 4.64. The lowest BCUT2D eigenvalue weighted by Crippen LogP contribution is -2.25. The third-order valence-electron chi connectivity index (χ3n) is 13.3. The van der Waals surface area contributed by atoms with E-state index in [2.05, 4.69) is 217 Å². The summed E-state index contributed by atoms with van der Waals surface area (Å²) in [5.74, 6) is 0. The molecule has 0 amide bonds. The number of fused-ring (bicyclic) bond motifs is 14. The van der Waals surface area contributed by atoms with Crippen LogP contribution < -0.4 is 4.90 Å². The minimum absolute atomic E-state index is 0.379. The SMILES string of the molecule is c1ccc(N(c2ccc(-c3cccc4c3-c3ccccc3C43c4ccccc4-c4ccccc43)cc2)c2cccc3ccccc23)c(-c2ccc3oc4ccccc4c3c2)c1. The molecule has 0 fully saturated rings. The van der Waals surface area contributed by atoms with Crippen molar-refractivity contribution in [1.82, 2.24) is 0 Å². The molecule has 2 heteroatoms. The summed E-state index contributed by atoms with van der Waals surface area (Å²) in [7, 11) is 0. The third kappa shape index (κ3) is 4.79. The van der Waals surface area contributed by atoms with Gasteiger partial charge in [0, 0.05) is 27.4 Å². The highest BCUT2D eigenvalue weighted by atomic mass is 16.3. The zero-order valence-electron chi connectivity index (χ0n) is 33.2. The summed E-state index contributed by atoms with van der Waals surface area (Å²) < 4.78 is 6.25. The standard InChI is InChI=1S/C59H37NO/c1-2-17-42-38(15-1)16-13-29-55(42)60(54-28-11-6-18-43(54)40-33-36-57-49(37-40)47-21-7-12-30-56(47)61-57)41-34-31-39(32-35-41)44-23-14-27-53-58(44)48-22-5-10-26-52(48)59(53)50-24-8-3-19-45(50)46-20-4-9-25-51(46)59/h1-37H. The molecule has 0 saturated heterocycles. The van der Waals surface area contributed by atoms with E-state index < -0.39 is 0 Å². The minimum Gasteiger partial charge on any atom is -0.456 e. The molecule has 2 nitrogen and oxygen atoms in total. The largest absolute Gasteiger partial charge is 0.456 e. The Hall–Kier alpha value is -7.94. The van der Waals surface area contributed by atoms with Gasteiger partial charge in [-0.2, -0.15) is 0 Å². The van der Waals surface area contributed by atoms with E-state index in [1.807, 2.05) is 12.1 Å². The Kier molecular flexibility index (Phi) is 7.26. The summed E-state index contributed by atoms with van der Waals surface area (Å²) in [6.45, 7) is 0. The lowest BCUT2D eigenvalue weighted by Gasteiger charge is -2.30. The number of hydrogen-bond donors (Lipinski definition) is 0. The molecule has 0 atom stereocenters. The summed E-state index contributed by atoms with van der Waals surface area (Å²) in [4.78, 5) is 2.44. The molecule has 0 saturated carbocycles. The average molecular weight is 776 g/mol. The molecule has 284 valence electrons. The number of rotatable bonds is 5. The molecule has 10 aromatic carbocycles. The minimum atomic E-state index is -0.379. The monoisotopic (exact) mass is 775 g/mol. The van der Waals surface area contributed by atoms with Gasteiger partial charge >= 0.3 is 0 Å². The highest BCUT2D eigenvalue weighted by molar-refractivity contribution is 6.08. The Morgan fingerprint density at radius 3 is 1.64 bits per heavy atom. The van der Waals surface area contributed by atoms with Gasteiger partial charge in [-0.05, 0) is 109 Å². The number of nitrogens with zero attached hydrogens (tertiary/aromatic N) is 1. The van der Waals surface area contributed by atoms with Crippen LogP contribution in [-0.2, 0) is 5.41 Å². The summed E-state index contributed by atoms with van der Waals surface area (Å²) in [6, 6.07) is 82.3. The summed E-state index contributed by atoms with van der Waals surface area (Å²) in [6.07, 6.45) is 0. The Balaban J connectivity index is 0.994. The molecule has 1 spiro atoms. The lowest BCUT2D eigenvalue weighted by molar-refractivity contribution is 0.669. The molecular formula is C59H37NO. The predicted octanol–water partition coefficient (Wildman–Crippen LogP) is 15.9. The van der Waals surface area contributed by atoms with Gasteiger partial charge in [0.1, 0.15) is 11.2 Å². The van der Waals surface area contributed by atoms with Crippen LogP contribution in [-0.4, -0.2) is 0 Å². The zero-order valence-corrected chi connectivity index (χ0v) is 33.2. The van der Waals surface area contributed by atoms with Crippen LogP contribution in [0, 0.1) is 0 Å². The van der Waals surface area contributed by atoms with Crippen molar-refractivity contribution in [2.75, 3.05) is 4.90 Å². The second kappa shape index (κ2) is 13.0. The van der Waals surface area contributed by atoms with Gasteiger partial charge in [0.2, 0.25) is 0 Å². The Morgan fingerprint density at radius 1 is 0.328 bits per heavy atom.